The Balaban J connectivity index is 0. The normalized spacial score (nSPS) is 11.1. The quantitative estimate of drug-likeness (QED) is 0.160. The maximum absolute atomic E-state index is 5.97. The predicted molar refractivity (Wildman–Crippen MR) is 159 cm³/mol. The summed E-state index contributed by atoms with van der Waals surface area (Å²) in [7, 11) is 0. The molecule has 190 valence electrons. The van der Waals surface area contributed by atoms with Gasteiger partial charge in [0.05, 0.1) is 17.1 Å². The zero-order valence-corrected chi connectivity index (χ0v) is 25.2. The van der Waals surface area contributed by atoms with E-state index in [0.29, 0.717) is 6.61 Å². The number of fused-ring (bicyclic) bond motifs is 1. The fraction of sp³-hybridized carbons (Fsp3) is 0.448. The molecule has 0 fully saturated rings. The topological polar surface area (TPSA) is 34.5 Å². The Bertz CT molecular complexity index is 917. The molecule has 0 aliphatic heterocycles. The zero-order valence-electron chi connectivity index (χ0n) is 22.9. The van der Waals surface area contributed by atoms with Crippen molar-refractivity contribution >= 4 is 44.3 Å². The molecule has 34 heavy (non-hydrogen) atoms. The molecule has 1 aromatic carbocycles. The van der Waals surface area contributed by atoms with Crippen LogP contribution in [0.4, 0.5) is 0 Å². The van der Waals surface area contributed by atoms with Crippen LogP contribution in [0.1, 0.15) is 74.3 Å². The summed E-state index contributed by atoms with van der Waals surface area (Å²) in [4.78, 5) is 8.81. The minimum atomic E-state index is 0.225. The summed E-state index contributed by atoms with van der Waals surface area (Å²) in [5.74, 6) is 0.743. The number of rotatable bonds is 5. The Morgan fingerprint density at radius 2 is 1.71 bits per heavy atom. The summed E-state index contributed by atoms with van der Waals surface area (Å²) in [6.07, 6.45) is 2.77. The van der Waals surface area contributed by atoms with Crippen LogP contribution in [0.25, 0.3) is 10.9 Å². The first-order valence-electron chi connectivity index (χ1n) is 11.9. The fourth-order valence-electron chi connectivity index (χ4n) is 2.72. The molecule has 0 radical (unpaired) electrons. The summed E-state index contributed by atoms with van der Waals surface area (Å²) >= 11 is 9.66. The van der Waals surface area contributed by atoms with Crippen LogP contribution >= 0.6 is 27.5 Å². The third-order valence-corrected chi connectivity index (χ3v) is 5.81. The number of halogens is 2. The van der Waals surface area contributed by atoms with Crippen molar-refractivity contribution in [1.82, 2.24) is 4.98 Å². The molecule has 0 aliphatic carbocycles. The number of pyridine rings is 1. The molecule has 5 heteroatoms. The lowest BCUT2D eigenvalue weighted by molar-refractivity contribution is 0.325. The molecule has 0 aliphatic rings. The Morgan fingerprint density at radius 3 is 2.15 bits per heavy atom. The Labute approximate surface area is 222 Å². The fourth-order valence-corrected chi connectivity index (χ4v) is 3.78. The lowest BCUT2D eigenvalue weighted by Crippen LogP contribution is -2.13. The van der Waals surface area contributed by atoms with Gasteiger partial charge in [-0.3, -0.25) is 4.98 Å². The molecule has 1 heterocycles. The van der Waals surface area contributed by atoms with E-state index < -0.39 is 0 Å². The Kier molecular flexibility index (Phi) is 19.5. The summed E-state index contributed by atoms with van der Waals surface area (Å²) in [6, 6.07) is 8.07. The van der Waals surface area contributed by atoms with Crippen LogP contribution in [0.15, 0.2) is 69.8 Å². The number of ether oxygens (including phenoxy) is 1. The molecule has 2 rings (SSSR count). The molecule has 3 nitrogen and oxygen atoms in total. The highest BCUT2D eigenvalue weighted by molar-refractivity contribution is 9.12. The molecule has 0 saturated heterocycles. The average molecular weight is 552 g/mol. The summed E-state index contributed by atoms with van der Waals surface area (Å²) in [5, 5.41) is 1.85. The van der Waals surface area contributed by atoms with E-state index >= 15 is 0 Å². The van der Waals surface area contributed by atoms with Gasteiger partial charge in [0.25, 0.3) is 0 Å². The average Bonchev–Trinajstić information content (AvgIpc) is 2.83. The smallest absolute Gasteiger partial charge is 0.217 e. The van der Waals surface area contributed by atoms with Crippen LogP contribution in [0.2, 0.25) is 5.02 Å². The highest BCUT2D eigenvalue weighted by atomic mass is 79.9. The van der Waals surface area contributed by atoms with Crippen LogP contribution in [0.5, 0.6) is 0 Å². The summed E-state index contributed by atoms with van der Waals surface area (Å²) < 4.78 is 6.83. The number of aliphatic imine (C=N–C) groups is 1. The van der Waals surface area contributed by atoms with Gasteiger partial charge in [0, 0.05) is 27.7 Å². The standard InChI is InChI=1S/C15H26BrNO.C10H8ClN.C2H6.C2H4/c1-8-12(7)14(16)13(10(3)4)15(18-9-2)17-11(5)6;1-7-4-5-9(11)10-8(7)3-2-6-12-10;2*1-2/h11H,8-9H2,1-7H3;2-6H,1H3;1-2H3;1-2H2/b14-12-,17-15?;;;. The van der Waals surface area contributed by atoms with E-state index in [1.54, 1.807) is 6.20 Å². The number of aryl methyl sites for hydroxylation is 1. The first-order chi connectivity index (χ1) is 16.1. The molecule has 0 saturated carbocycles. The van der Waals surface area contributed by atoms with Crippen molar-refractivity contribution in [2.24, 2.45) is 4.99 Å². The van der Waals surface area contributed by atoms with Crippen LogP contribution in [-0.4, -0.2) is 23.5 Å². The molecule has 0 N–H and O–H groups in total. The summed E-state index contributed by atoms with van der Waals surface area (Å²) in [5.41, 5.74) is 5.71. The number of benzene rings is 1. The molecule has 2 aromatic rings. The van der Waals surface area contributed by atoms with Gasteiger partial charge in [-0.15, -0.1) is 13.2 Å². The highest BCUT2D eigenvalue weighted by Crippen LogP contribution is 2.28. The number of hydrogen-bond donors (Lipinski definition) is 0. The monoisotopic (exact) mass is 550 g/mol. The van der Waals surface area contributed by atoms with Gasteiger partial charge in [0.1, 0.15) is 0 Å². The van der Waals surface area contributed by atoms with Gasteiger partial charge in [0.2, 0.25) is 5.90 Å². The number of allylic oxidation sites excluding steroid dienone is 2. The molecule has 0 spiro atoms. The van der Waals surface area contributed by atoms with Crippen LogP contribution in [0.3, 0.4) is 0 Å². The molecule has 0 atom stereocenters. The van der Waals surface area contributed by atoms with E-state index in [9.17, 15) is 0 Å². The Morgan fingerprint density at radius 1 is 1.12 bits per heavy atom. The third-order valence-electron chi connectivity index (χ3n) is 4.43. The van der Waals surface area contributed by atoms with Gasteiger partial charge in [-0.2, -0.15) is 0 Å². The van der Waals surface area contributed by atoms with Crippen LogP contribution in [0, 0.1) is 6.92 Å². The maximum atomic E-state index is 5.97. The van der Waals surface area contributed by atoms with E-state index in [4.69, 9.17) is 16.3 Å². The van der Waals surface area contributed by atoms with E-state index in [2.05, 4.69) is 87.5 Å². The SMILES string of the molecule is C=C.CC.CCOC(=NC(C)C)C(=C(C)C)/C(Br)=C(\C)CC.Cc1ccc(Cl)c2ncccc12. The van der Waals surface area contributed by atoms with Crippen molar-refractivity contribution < 1.29 is 4.74 Å². The third kappa shape index (κ3) is 11.5. The van der Waals surface area contributed by atoms with Crippen LogP contribution in [-0.2, 0) is 4.74 Å². The largest absolute Gasteiger partial charge is 0.478 e. The van der Waals surface area contributed by atoms with E-state index in [-0.39, 0.29) is 6.04 Å². The lowest BCUT2D eigenvalue weighted by Gasteiger charge is -2.16. The molecule has 0 amide bonds. The Hall–Kier alpha value is -1.91. The molecule has 1 aromatic heterocycles. The maximum Gasteiger partial charge on any atom is 0.217 e. The second-order valence-electron chi connectivity index (χ2n) is 7.55. The van der Waals surface area contributed by atoms with Crippen molar-refractivity contribution in [1.29, 1.82) is 0 Å². The first kappa shape index (κ1) is 34.3. The number of nitrogens with zero attached hydrogens (tertiary/aromatic N) is 2. The van der Waals surface area contributed by atoms with E-state index in [0.717, 1.165) is 38.3 Å². The molecular weight excluding hydrogens is 508 g/mol. The number of aromatic nitrogens is 1. The van der Waals surface area contributed by atoms with Gasteiger partial charge < -0.3 is 4.74 Å². The molecular formula is C29H44BrClN2O. The summed E-state index contributed by atoms with van der Waals surface area (Å²) in [6.45, 7) is 27.3. The van der Waals surface area contributed by atoms with E-state index in [1.165, 1.54) is 16.7 Å². The van der Waals surface area contributed by atoms with Crippen molar-refractivity contribution in [3.8, 4) is 0 Å². The molecule has 0 bridgehead atoms. The minimum Gasteiger partial charge on any atom is -0.478 e. The van der Waals surface area contributed by atoms with Crippen molar-refractivity contribution in [3.05, 3.63) is 75.4 Å². The van der Waals surface area contributed by atoms with Crippen LogP contribution < -0.4 is 0 Å². The van der Waals surface area contributed by atoms with Crippen molar-refractivity contribution in [2.75, 3.05) is 6.61 Å². The van der Waals surface area contributed by atoms with Gasteiger partial charge in [0.15, 0.2) is 0 Å². The zero-order chi connectivity index (χ0) is 26.8. The lowest BCUT2D eigenvalue weighted by atomic mass is 10.1. The van der Waals surface area contributed by atoms with Gasteiger partial charge >= 0.3 is 0 Å². The second-order valence-corrected chi connectivity index (χ2v) is 8.75. The van der Waals surface area contributed by atoms with Gasteiger partial charge in [-0.25, -0.2) is 4.99 Å². The highest BCUT2D eigenvalue weighted by Gasteiger charge is 2.16. The number of hydrogen-bond acceptors (Lipinski definition) is 3. The van der Waals surface area contributed by atoms with E-state index in [1.807, 2.05) is 45.0 Å². The second kappa shape index (κ2) is 19.4. The van der Waals surface area contributed by atoms with Crippen molar-refractivity contribution in [3.63, 3.8) is 0 Å². The minimum absolute atomic E-state index is 0.225. The van der Waals surface area contributed by atoms with Crippen molar-refractivity contribution in [2.45, 2.75) is 81.7 Å². The van der Waals surface area contributed by atoms with Gasteiger partial charge in [-0.05, 0) is 72.6 Å². The van der Waals surface area contributed by atoms with Gasteiger partial charge in [-0.1, -0.05) is 71.6 Å². The predicted octanol–water partition coefficient (Wildman–Crippen LogP) is 10.3. The molecule has 0 unspecified atom stereocenters. The first-order valence-corrected chi connectivity index (χ1v) is 13.0.